The molecule has 3 aromatic rings. The molecule has 2 aromatic carbocycles. The van der Waals surface area contributed by atoms with Gasteiger partial charge in [-0.1, -0.05) is 35.3 Å². The zero-order valence-electron chi connectivity index (χ0n) is 16.8. The molecule has 0 radical (unpaired) electrons. The summed E-state index contributed by atoms with van der Waals surface area (Å²) in [4.78, 5) is 26.5. The van der Waals surface area contributed by atoms with Crippen LogP contribution in [0.4, 0.5) is 0 Å². The summed E-state index contributed by atoms with van der Waals surface area (Å²) in [6.07, 6.45) is 1.38. The summed E-state index contributed by atoms with van der Waals surface area (Å²) >= 11 is 13.0. The molecule has 0 bridgehead atoms. The predicted octanol–water partition coefficient (Wildman–Crippen LogP) is 4.28. The maximum atomic E-state index is 12.6. The lowest BCUT2D eigenvalue weighted by molar-refractivity contribution is 0.0731. The van der Waals surface area contributed by atoms with Crippen molar-refractivity contribution in [3.8, 4) is 17.0 Å². The van der Waals surface area contributed by atoms with Crippen LogP contribution in [0.2, 0.25) is 10.0 Å². The fraction of sp³-hybridized carbons (Fsp3) is 0.273. The summed E-state index contributed by atoms with van der Waals surface area (Å²) < 4.78 is 2.56. The van der Waals surface area contributed by atoms with E-state index < -0.39 is 0 Å². The van der Waals surface area contributed by atoms with Gasteiger partial charge in [0, 0.05) is 24.7 Å². The molecule has 0 spiro atoms. The highest BCUT2D eigenvalue weighted by Gasteiger charge is 2.31. The van der Waals surface area contributed by atoms with E-state index in [2.05, 4.69) is 0 Å². The predicted molar refractivity (Wildman–Crippen MR) is 117 cm³/mol. The molecule has 0 aliphatic carbocycles. The van der Waals surface area contributed by atoms with E-state index in [1.165, 1.54) is 17.8 Å². The second-order valence-electron chi connectivity index (χ2n) is 7.78. The minimum absolute atomic E-state index is 0.0403. The molecule has 1 aromatic heterocycles. The number of fused-ring (bicyclic) bond motifs is 1. The Labute approximate surface area is 183 Å². The average molecular weight is 446 g/mol. The first kappa shape index (κ1) is 20.6. The van der Waals surface area contributed by atoms with Gasteiger partial charge >= 0.3 is 5.69 Å². The molecule has 1 aliphatic rings. The van der Waals surface area contributed by atoms with Crippen molar-refractivity contribution in [2.45, 2.75) is 33.0 Å². The number of amides is 1. The van der Waals surface area contributed by atoms with E-state index in [0.29, 0.717) is 22.2 Å². The van der Waals surface area contributed by atoms with E-state index in [9.17, 15) is 14.7 Å². The van der Waals surface area contributed by atoms with Crippen LogP contribution < -0.4 is 5.69 Å². The van der Waals surface area contributed by atoms with Gasteiger partial charge < -0.3 is 10.0 Å². The fourth-order valence-corrected chi connectivity index (χ4v) is 4.29. The van der Waals surface area contributed by atoms with E-state index in [1.54, 1.807) is 11.0 Å². The maximum Gasteiger partial charge on any atom is 0.331 e. The highest BCUT2D eigenvalue weighted by atomic mass is 35.5. The molecule has 4 rings (SSSR count). The van der Waals surface area contributed by atoms with Gasteiger partial charge in [0.15, 0.2) is 0 Å². The third kappa shape index (κ3) is 3.40. The van der Waals surface area contributed by atoms with Crippen LogP contribution in [0.25, 0.3) is 11.1 Å². The summed E-state index contributed by atoms with van der Waals surface area (Å²) in [6.45, 7) is 4.74. The van der Waals surface area contributed by atoms with Crippen molar-refractivity contribution >= 4 is 29.1 Å². The van der Waals surface area contributed by atoms with E-state index >= 15 is 0 Å². The lowest BCUT2D eigenvalue weighted by atomic mass is 9.99. The number of hydrogen-bond donors (Lipinski definition) is 1. The lowest BCUT2D eigenvalue weighted by Crippen LogP contribution is -2.30. The number of carbonyl (C=O) groups excluding carboxylic acids is 1. The summed E-state index contributed by atoms with van der Waals surface area (Å²) in [6, 6.07) is 9.43. The quantitative estimate of drug-likeness (QED) is 0.651. The van der Waals surface area contributed by atoms with Gasteiger partial charge in [-0.3, -0.25) is 13.9 Å². The van der Waals surface area contributed by atoms with E-state index in [1.807, 2.05) is 38.1 Å². The van der Waals surface area contributed by atoms with Gasteiger partial charge in [-0.15, -0.1) is 0 Å². The standard InChI is InChI=1S/C22H21Cl2N3O3/c1-12(2)27-10-16-6-15(8-18(24)20(16)21(27)29)13-4-5-14(17(23)7-13)9-26-11-19(28)25(3)22(26)30/h4-8,11-12,28H,9-10H2,1-3H3. The SMILES string of the molecule is CC(C)N1Cc2cc(-c3ccc(Cn4cc(O)n(C)c4=O)c(Cl)c3)cc(Cl)c2C1=O. The highest BCUT2D eigenvalue weighted by molar-refractivity contribution is 6.34. The Balaban J connectivity index is 1.67. The Morgan fingerprint density at radius 3 is 2.37 bits per heavy atom. The number of imidazole rings is 1. The van der Waals surface area contributed by atoms with Crippen LogP contribution in [-0.2, 0) is 20.1 Å². The number of carbonyl (C=O) groups is 1. The number of rotatable bonds is 4. The van der Waals surface area contributed by atoms with Crippen molar-refractivity contribution in [3.05, 3.63) is 73.7 Å². The van der Waals surface area contributed by atoms with Gasteiger partial charge in [0.1, 0.15) is 0 Å². The van der Waals surface area contributed by atoms with Crippen molar-refractivity contribution in [1.82, 2.24) is 14.0 Å². The number of hydrogen-bond acceptors (Lipinski definition) is 3. The Hall–Kier alpha value is -2.70. The van der Waals surface area contributed by atoms with E-state index in [-0.39, 0.29) is 30.1 Å². The Bertz CT molecular complexity index is 1230. The zero-order chi connectivity index (χ0) is 21.7. The van der Waals surface area contributed by atoms with Gasteiger partial charge in [-0.25, -0.2) is 4.79 Å². The monoisotopic (exact) mass is 445 g/mol. The Morgan fingerprint density at radius 1 is 1.07 bits per heavy atom. The zero-order valence-corrected chi connectivity index (χ0v) is 18.3. The van der Waals surface area contributed by atoms with Crippen LogP contribution in [0.1, 0.15) is 35.3 Å². The molecular formula is C22H21Cl2N3O3. The van der Waals surface area contributed by atoms with Crippen molar-refractivity contribution in [3.63, 3.8) is 0 Å². The van der Waals surface area contributed by atoms with Crippen LogP contribution in [0.3, 0.4) is 0 Å². The van der Waals surface area contributed by atoms with Crippen LogP contribution in [0.15, 0.2) is 41.3 Å². The summed E-state index contributed by atoms with van der Waals surface area (Å²) in [5.41, 5.74) is 3.65. The van der Waals surface area contributed by atoms with Gasteiger partial charge in [0.25, 0.3) is 5.91 Å². The van der Waals surface area contributed by atoms with Crippen molar-refractivity contribution in [2.24, 2.45) is 7.05 Å². The molecule has 0 atom stereocenters. The van der Waals surface area contributed by atoms with E-state index in [0.717, 1.165) is 26.8 Å². The second-order valence-corrected chi connectivity index (χ2v) is 8.60. The molecule has 2 heterocycles. The third-order valence-corrected chi connectivity index (χ3v) is 6.14. The first-order chi connectivity index (χ1) is 14.2. The van der Waals surface area contributed by atoms with Crippen LogP contribution in [0.5, 0.6) is 5.88 Å². The minimum Gasteiger partial charge on any atom is -0.493 e. The van der Waals surface area contributed by atoms with Crippen LogP contribution in [0, 0.1) is 0 Å². The van der Waals surface area contributed by atoms with Gasteiger partial charge in [0.2, 0.25) is 5.88 Å². The summed E-state index contributed by atoms with van der Waals surface area (Å²) in [5, 5.41) is 10.6. The Morgan fingerprint density at radius 2 is 1.77 bits per heavy atom. The lowest BCUT2D eigenvalue weighted by Gasteiger charge is -2.19. The van der Waals surface area contributed by atoms with Crippen molar-refractivity contribution < 1.29 is 9.90 Å². The number of aromatic nitrogens is 2. The first-order valence-corrected chi connectivity index (χ1v) is 10.3. The number of aromatic hydroxyl groups is 1. The molecule has 1 aliphatic heterocycles. The van der Waals surface area contributed by atoms with Crippen LogP contribution >= 0.6 is 23.2 Å². The molecule has 0 fully saturated rings. The third-order valence-electron chi connectivity index (χ3n) is 5.49. The Kier molecular flexibility index (Phi) is 5.16. The summed E-state index contributed by atoms with van der Waals surface area (Å²) in [7, 11) is 1.50. The van der Waals surface area contributed by atoms with Gasteiger partial charge in [-0.2, -0.15) is 0 Å². The maximum absolute atomic E-state index is 12.6. The number of halogens is 2. The molecule has 156 valence electrons. The minimum atomic E-state index is -0.322. The van der Waals surface area contributed by atoms with Crippen LogP contribution in [-0.4, -0.2) is 31.1 Å². The fourth-order valence-electron chi connectivity index (χ4n) is 3.73. The first-order valence-electron chi connectivity index (χ1n) is 9.54. The van der Waals surface area contributed by atoms with Gasteiger partial charge in [0.05, 0.1) is 23.3 Å². The largest absolute Gasteiger partial charge is 0.493 e. The molecule has 6 nitrogen and oxygen atoms in total. The van der Waals surface area contributed by atoms with Crippen molar-refractivity contribution in [1.29, 1.82) is 0 Å². The molecule has 1 amide bonds. The molecule has 0 saturated heterocycles. The average Bonchev–Trinajstić information content (AvgIpc) is 3.15. The second kappa shape index (κ2) is 7.52. The molecule has 1 N–H and O–H groups in total. The summed E-state index contributed by atoms with van der Waals surface area (Å²) in [5.74, 6) is -0.146. The van der Waals surface area contributed by atoms with Gasteiger partial charge in [-0.05, 0) is 54.3 Å². The number of benzene rings is 2. The normalized spacial score (nSPS) is 13.4. The van der Waals surface area contributed by atoms with E-state index in [4.69, 9.17) is 23.2 Å². The van der Waals surface area contributed by atoms with Crippen molar-refractivity contribution in [2.75, 3.05) is 0 Å². The molecular weight excluding hydrogens is 425 g/mol. The topological polar surface area (TPSA) is 67.5 Å². The molecule has 8 heteroatoms. The number of nitrogens with zero attached hydrogens (tertiary/aromatic N) is 3. The molecule has 30 heavy (non-hydrogen) atoms. The smallest absolute Gasteiger partial charge is 0.331 e. The highest BCUT2D eigenvalue weighted by Crippen LogP contribution is 2.36. The molecule has 0 saturated carbocycles. The molecule has 0 unspecified atom stereocenters.